The van der Waals surface area contributed by atoms with Crippen LogP contribution in [0.25, 0.3) is 0 Å². The summed E-state index contributed by atoms with van der Waals surface area (Å²) in [5.74, 6) is 3.30. The van der Waals surface area contributed by atoms with Crippen LogP contribution in [0.2, 0.25) is 0 Å². The minimum Gasteiger partial charge on any atom is -0.493 e. The Bertz CT molecular complexity index is 747. The third kappa shape index (κ3) is 7.21. The fourth-order valence-electron chi connectivity index (χ4n) is 2.41. The molecule has 1 aromatic heterocycles. The molecule has 0 aliphatic heterocycles. The number of hydrogen-bond donors (Lipinski definition) is 2. The normalized spacial score (nSPS) is 11.1. The maximum Gasteiger partial charge on any atom is 0.191 e. The van der Waals surface area contributed by atoms with E-state index in [1.807, 2.05) is 24.3 Å². The van der Waals surface area contributed by atoms with Crippen molar-refractivity contribution in [2.24, 2.45) is 4.99 Å². The summed E-state index contributed by atoms with van der Waals surface area (Å²) in [6.45, 7) is 8.05. The van der Waals surface area contributed by atoms with Crippen LogP contribution in [0.1, 0.15) is 50.1 Å². The van der Waals surface area contributed by atoms with E-state index >= 15 is 0 Å². The van der Waals surface area contributed by atoms with E-state index in [0.29, 0.717) is 31.6 Å². The van der Waals surface area contributed by atoms with Crippen LogP contribution in [0.3, 0.4) is 0 Å². The van der Waals surface area contributed by atoms with Gasteiger partial charge in [0.1, 0.15) is 0 Å². The van der Waals surface area contributed by atoms with Crippen LogP contribution >= 0.6 is 24.0 Å². The van der Waals surface area contributed by atoms with Gasteiger partial charge in [-0.3, -0.25) is 4.99 Å². The standard InChI is InChI=1S/C20H30N4O3.HI/c1-6-9-26-18-8-7-15(10-19(18)25-5)12-22-20(21-4)23-13-16-11-17(14(2)3)24-27-16;/h7-8,10-11,14H,6,9,12-13H2,1-5H3,(H2,21,22,23);1H. The second-order valence-corrected chi connectivity index (χ2v) is 6.49. The van der Waals surface area contributed by atoms with E-state index in [1.165, 1.54) is 0 Å². The molecule has 0 atom stereocenters. The summed E-state index contributed by atoms with van der Waals surface area (Å²) in [5, 5.41) is 10.6. The Hall–Kier alpha value is -1.97. The third-order valence-electron chi connectivity index (χ3n) is 3.97. The van der Waals surface area contributed by atoms with Crippen LogP contribution in [0.15, 0.2) is 33.8 Å². The minimum atomic E-state index is 0. The molecule has 2 rings (SSSR count). The Morgan fingerprint density at radius 1 is 1.18 bits per heavy atom. The van der Waals surface area contributed by atoms with Gasteiger partial charge in [-0.15, -0.1) is 24.0 Å². The number of nitrogens with one attached hydrogen (secondary N) is 2. The highest BCUT2D eigenvalue weighted by atomic mass is 127. The molecular formula is C20H31IN4O3. The first-order valence-corrected chi connectivity index (χ1v) is 9.27. The summed E-state index contributed by atoms with van der Waals surface area (Å²) in [6.07, 6.45) is 0.957. The van der Waals surface area contributed by atoms with Crippen molar-refractivity contribution < 1.29 is 14.0 Å². The molecule has 0 amide bonds. The molecule has 8 heteroatoms. The van der Waals surface area contributed by atoms with Crippen LogP contribution in [0.5, 0.6) is 11.5 Å². The van der Waals surface area contributed by atoms with Crippen molar-refractivity contribution in [1.29, 1.82) is 0 Å². The first-order chi connectivity index (χ1) is 13.1. The first kappa shape index (κ1) is 24.1. The molecule has 7 nitrogen and oxygen atoms in total. The molecule has 28 heavy (non-hydrogen) atoms. The zero-order chi connectivity index (χ0) is 19.6. The largest absolute Gasteiger partial charge is 0.493 e. The number of halogens is 1. The number of ether oxygens (including phenoxy) is 2. The third-order valence-corrected chi connectivity index (χ3v) is 3.97. The Kier molecular flexibility index (Phi) is 10.7. The summed E-state index contributed by atoms with van der Waals surface area (Å²) >= 11 is 0. The Morgan fingerprint density at radius 3 is 2.54 bits per heavy atom. The van der Waals surface area contributed by atoms with Gasteiger partial charge < -0.3 is 24.6 Å². The molecule has 0 spiro atoms. The summed E-state index contributed by atoms with van der Waals surface area (Å²) in [5.41, 5.74) is 2.02. The van der Waals surface area contributed by atoms with Crippen LogP contribution in [-0.4, -0.2) is 31.9 Å². The lowest BCUT2D eigenvalue weighted by molar-refractivity contribution is 0.294. The monoisotopic (exact) mass is 502 g/mol. The van der Waals surface area contributed by atoms with Crippen molar-refractivity contribution in [1.82, 2.24) is 15.8 Å². The van der Waals surface area contributed by atoms with Crippen molar-refractivity contribution in [3.8, 4) is 11.5 Å². The van der Waals surface area contributed by atoms with Crippen molar-refractivity contribution in [3.05, 3.63) is 41.3 Å². The predicted octanol–water partition coefficient (Wildman–Crippen LogP) is 4.08. The zero-order valence-corrected chi connectivity index (χ0v) is 19.6. The van der Waals surface area contributed by atoms with Gasteiger partial charge in [0.05, 0.1) is 26.0 Å². The Morgan fingerprint density at radius 2 is 1.93 bits per heavy atom. The van der Waals surface area contributed by atoms with Crippen molar-refractivity contribution in [2.75, 3.05) is 20.8 Å². The average molecular weight is 502 g/mol. The van der Waals surface area contributed by atoms with E-state index in [-0.39, 0.29) is 24.0 Å². The quantitative estimate of drug-likeness (QED) is 0.306. The lowest BCUT2D eigenvalue weighted by Gasteiger charge is -2.14. The molecule has 156 valence electrons. The summed E-state index contributed by atoms with van der Waals surface area (Å²) in [4.78, 5) is 4.24. The summed E-state index contributed by atoms with van der Waals surface area (Å²) in [6, 6.07) is 7.88. The predicted molar refractivity (Wildman–Crippen MR) is 122 cm³/mol. The maximum absolute atomic E-state index is 5.69. The molecule has 0 aliphatic rings. The number of aromatic nitrogens is 1. The molecule has 0 fully saturated rings. The molecule has 0 saturated carbocycles. The molecule has 0 aliphatic carbocycles. The van der Waals surface area contributed by atoms with Crippen molar-refractivity contribution in [3.63, 3.8) is 0 Å². The van der Waals surface area contributed by atoms with E-state index < -0.39 is 0 Å². The second kappa shape index (κ2) is 12.5. The number of aliphatic imine (C=N–C) groups is 1. The Balaban J connectivity index is 0.00000392. The molecule has 0 saturated heterocycles. The number of methoxy groups -OCH3 is 1. The van der Waals surface area contributed by atoms with Crippen molar-refractivity contribution in [2.45, 2.75) is 46.2 Å². The van der Waals surface area contributed by atoms with Gasteiger partial charge in [0, 0.05) is 19.7 Å². The van der Waals surface area contributed by atoms with E-state index in [4.69, 9.17) is 14.0 Å². The maximum atomic E-state index is 5.69. The van der Waals surface area contributed by atoms with Crippen LogP contribution in [0, 0.1) is 0 Å². The SMILES string of the molecule is CCCOc1ccc(CNC(=NC)NCc2cc(C(C)C)no2)cc1OC.I. The molecule has 1 aromatic carbocycles. The van der Waals surface area contributed by atoms with Gasteiger partial charge in [-0.1, -0.05) is 32.0 Å². The minimum absolute atomic E-state index is 0. The molecule has 2 N–H and O–H groups in total. The van der Waals surface area contributed by atoms with Crippen LogP contribution < -0.4 is 20.1 Å². The van der Waals surface area contributed by atoms with Crippen LogP contribution in [-0.2, 0) is 13.1 Å². The van der Waals surface area contributed by atoms with E-state index in [2.05, 4.69) is 41.6 Å². The van der Waals surface area contributed by atoms with Gasteiger partial charge >= 0.3 is 0 Å². The lowest BCUT2D eigenvalue weighted by atomic mass is 10.1. The second-order valence-electron chi connectivity index (χ2n) is 6.49. The van der Waals surface area contributed by atoms with Crippen LogP contribution in [0.4, 0.5) is 0 Å². The molecule has 2 aromatic rings. The number of rotatable bonds is 9. The fraction of sp³-hybridized carbons (Fsp3) is 0.500. The number of benzene rings is 1. The number of hydrogen-bond acceptors (Lipinski definition) is 5. The highest BCUT2D eigenvalue weighted by Crippen LogP contribution is 2.28. The average Bonchev–Trinajstić information content (AvgIpc) is 3.16. The smallest absolute Gasteiger partial charge is 0.191 e. The molecule has 1 heterocycles. The van der Waals surface area contributed by atoms with Gasteiger partial charge in [-0.2, -0.15) is 0 Å². The van der Waals surface area contributed by atoms with E-state index in [0.717, 1.165) is 34.9 Å². The van der Waals surface area contributed by atoms with E-state index in [9.17, 15) is 0 Å². The van der Waals surface area contributed by atoms with Gasteiger partial charge in [0.15, 0.2) is 23.2 Å². The van der Waals surface area contributed by atoms with E-state index in [1.54, 1.807) is 14.2 Å². The highest BCUT2D eigenvalue weighted by Gasteiger charge is 2.09. The topological polar surface area (TPSA) is 80.9 Å². The molecular weight excluding hydrogens is 471 g/mol. The van der Waals surface area contributed by atoms with Crippen molar-refractivity contribution >= 4 is 29.9 Å². The van der Waals surface area contributed by atoms with Gasteiger partial charge in [0.2, 0.25) is 0 Å². The fourth-order valence-corrected chi connectivity index (χ4v) is 2.41. The lowest BCUT2D eigenvalue weighted by Crippen LogP contribution is -2.36. The summed E-state index contributed by atoms with van der Waals surface area (Å²) in [7, 11) is 3.38. The first-order valence-electron chi connectivity index (χ1n) is 9.27. The zero-order valence-electron chi connectivity index (χ0n) is 17.2. The Labute approximate surface area is 184 Å². The summed E-state index contributed by atoms with van der Waals surface area (Å²) < 4.78 is 16.4. The van der Waals surface area contributed by atoms with Gasteiger partial charge in [-0.05, 0) is 30.0 Å². The van der Waals surface area contributed by atoms with Gasteiger partial charge in [0.25, 0.3) is 0 Å². The molecule has 0 bridgehead atoms. The molecule has 0 unspecified atom stereocenters. The van der Waals surface area contributed by atoms with Gasteiger partial charge in [-0.25, -0.2) is 0 Å². The number of nitrogens with zero attached hydrogens (tertiary/aromatic N) is 2. The number of guanidine groups is 1. The highest BCUT2D eigenvalue weighted by molar-refractivity contribution is 14.0. The molecule has 0 radical (unpaired) electrons.